The van der Waals surface area contributed by atoms with Gasteiger partial charge < -0.3 is 30.6 Å². The maximum absolute atomic E-state index is 8.25. The van der Waals surface area contributed by atoms with Crippen LogP contribution >= 0.6 is 0 Å². The standard InChI is InChI=1S/Ca.K.Li.2NO3.Na.3H/c;;;2*2-1(3)4;;;;/q+2;;;2*-1;;;;. The molecule has 0 saturated heterocycles. The van der Waals surface area contributed by atoms with Gasteiger partial charge in [-0.25, -0.2) is 0 Å². The zero-order valence-corrected chi connectivity index (χ0v) is 6.26. The molecule has 0 aromatic rings. The first-order valence-electron chi connectivity index (χ1n) is 1.10. The van der Waals surface area contributed by atoms with Gasteiger partial charge in [-0.1, -0.05) is 0 Å². The average Bonchev–Trinajstić information content (AvgIpc) is 1.25. The van der Waals surface area contributed by atoms with Gasteiger partial charge in [-0.05, 0) is 0 Å². The van der Waals surface area contributed by atoms with E-state index in [9.17, 15) is 0 Å². The van der Waals surface area contributed by atoms with Gasteiger partial charge >= 0.3 is 138 Å². The summed E-state index contributed by atoms with van der Waals surface area (Å²) in [5.74, 6) is 0. The molecular weight excluding hydrogens is 233 g/mol. The van der Waals surface area contributed by atoms with E-state index in [4.69, 9.17) is 30.6 Å². The van der Waals surface area contributed by atoms with Crippen LogP contribution in [0, 0.1) is 30.6 Å². The molecule has 0 rings (SSSR count). The minimum absolute atomic E-state index is 0. The van der Waals surface area contributed by atoms with Gasteiger partial charge in [-0.2, -0.15) is 0 Å². The Labute approximate surface area is 174 Å². The summed E-state index contributed by atoms with van der Waals surface area (Å²) in [6.45, 7) is 0. The zero-order valence-electron chi connectivity index (χ0n) is 4.05. The van der Waals surface area contributed by atoms with Gasteiger partial charge in [0.2, 0.25) is 0 Å². The van der Waals surface area contributed by atoms with E-state index in [1.807, 2.05) is 0 Å². The van der Waals surface area contributed by atoms with Crippen LogP contribution in [0.25, 0.3) is 0 Å². The Morgan fingerprint density at radius 2 is 0.833 bits per heavy atom. The molecule has 0 aliphatic rings. The van der Waals surface area contributed by atoms with Crippen LogP contribution in [0.1, 0.15) is 0 Å². The molecule has 0 N–H and O–H groups in total. The summed E-state index contributed by atoms with van der Waals surface area (Å²) in [4.78, 5) is 16.5. The molecular formula is H3CaKLiN2NaO6. The van der Waals surface area contributed by atoms with E-state index in [-0.39, 0.29) is 138 Å². The van der Waals surface area contributed by atoms with Crippen LogP contribution in [0.3, 0.4) is 0 Å². The molecule has 0 amide bonds. The summed E-state index contributed by atoms with van der Waals surface area (Å²) in [7, 11) is 0. The summed E-state index contributed by atoms with van der Waals surface area (Å²) >= 11 is 0. The molecule has 0 heterocycles. The first-order valence-corrected chi connectivity index (χ1v) is 1.10. The van der Waals surface area contributed by atoms with E-state index < -0.39 is 10.2 Å². The number of hydrogen-bond donors (Lipinski definition) is 0. The molecule has 0 radical (unpaired) electrons. The molecule has 12 heavy (non-hydrogen) atoms. The van der Waals surface area contributed by atoms with E-state index in [1.165, 1.54) is 0 Å². The van der Waals surface area contributed by atoms with Crippen molar-refractivity contribution in [3.05, 3.63) is 30.6 Å². The van der Waals surface area contributed by atoms with Crippen LogP contribution in [0.5, 0.6) is 0 Å². The summed E-state index contributed by atoms with van der Waals surface area (Å²) < 4.78 is 0. The molecule has 0 aliphatic carbocycles. The summed E-state index contributed by atoms with van der Waals surface area (Å²) in [6, 6.07) is 0. The molecule has 0 spiro atoms. The molecule has 0 fully saturated rings. The Bertz CT molecular complexity index is 83.5. The van der Waals surface area contributed by atoms with Crippen LogP contribution in [0.15, 0.2) is 0 Å². The molecule has 54 valence electrons. The van der Waals surface area contributed by atoms with Crippen LogP contribution in [0.2, 0.25) is 0 Å². The molecule has 0 aromatic heterocycles. The molecule has 0 unspecified atom stereocenters. The van der Waals surface area contributed by atoms with Gasteiger partial charge in [0.15, 0.2) is 0 Å². The van der Waals surface area contributed by atoms with Crippen molar-refractivity contribution in [2.75, 3.05) is 0 Å². The maximum atomic E-state index is 8.25. The second kappa shape index (κ2) is 29.2. The Morgan fingerprint density at radius 1 is 0.833 bits per heavy atom. The van der Waals surface area contributed by atoms with Crippen molar-refractivity contribution in [2.24, 2.45) is 0 Å². The fourth-order valence-electron chi connectivity index (χ4n) is 0. The average molecular weight is 236 g/mol. The second-order valence-corrected chi connectivity index (χ2v) is 0.447. The normalized spacial score (nSPS) is 4.00. The SMILES string of the molecule is O=[N+]([O-])[O-].O=[N+]([O-])[O-].[Ca+2].[KH].[LiH].[NaH]. The van der Waals surface area contributed by atoms with Crippen molar-refractivity contribution in [3.8, 4) is 0 Å². The third-order valence-corrected chi connectivity index (χ3v) is 0. The van der Waals surface area contributed by atoms with E-state index in [0.717, 1.165) is 0 Å². The van der Waals surface area contributed by atoms with E-state index >= 15 is 0 Å². The third kappa shape index (κ3) is 218. The molecule has 0 aliphatic heterocycles. The zero-order chi connectivity index (χ0) is 7.15. The number of rotatable bonds is 0. The minimum atomic E-state index is -1.75. The van der Waals surface area contributed by atoms with Gasteiger partial charge in [-0.15, -0.1) is 0 Å². The van der Waals surface area contributed by atoms with Crippen molar-refractivity contribution >= 4 is 138 Å². The third-order valence-electron chi connectivity index (χ3n) is 0. The Balaban J connectivity index is -0.0000000112. The predicted molar refractivity (Wildman–Crippen MR) is 47.9 cm³/mol. The predicted octanol–water partition coefficient (Wildman–Crippen LogP) is -2.80. The van der Waals surface area contributed by atoms with Crippen LogP contribution in [0.4, 0.5) is 0 Å². The number of hydrogen-bond acceptors (Lipinski definition) is 6. The van der Waals surface area contributed by atoms with Crippen molar-refractivity contribution in [3.63, 3.8) is 0 Å². The Kier molecular flexibility index (Phi) is 88.5. The van der Waals surface area contributed by atoms with E-state index in [0.29, 0.717) is 0 Å². The van der Waals surface area contributed by atoms with Crippen molar-refractivity contribution in [2.45, 2.75) is 0 Å². The molecule has 0 bridgehead atoms. The van der Waals surface area contributed by atoms with Crippen LogP contribution < -0.4 is 0 Å². The topological polar surface area (TPSA) is 132 Å². The van der Waals surface area contributed by atoms with E-state index in [2.05, 4.69) is 0 Å². The fourth-order valence-corrected chi connectivity index (χ4v) is 0. The van der Waals surface area contributed by atoms with Crippen molar-refractivity contribution in [1.29, 1.82) is 0 Å². The van der Waals surface area contributed by atoms with Gasteiger partial charge in [0.25, 0.3) is 0 Å². The molecule has 0 aromatic carbocycles. The second-order valence-electron chi connectivity index (χ2n) is 0.447. The summed E-state index contributed by atoms with van der Waals surface area (Å²) in [5, 5.41) is 29.5. The van der Waals surface area contributed by atoms with Gasteiger partial charge in [0, 0.05) is 0 Å². The molecule has 12 heteroatoms. The first-order chi connectivity index (χ1) is 3.46. The number of nitrogens with zero attached hydrogens (tertiary/aromatic N) is 2. The fraction of sp³-hybridized carbons (Fsp3) is 0. The Hall–Kier alpha value is 2.89. The first kappa shape index (κ1) is 36.3. The van der Waals surface area contributed by atoms with Gasteiger partial charge in [-0.3, -0.25) is 0 Å². The monoisotopic (exact) mass is 236 g/mol. The molecule has 0 saturated carbocycles. The van der Waals surface area contributed by atoms with Crippen molar-refractivity contribution in [1.82, 2.24) is 0 Å². The molecule has 0 atom stereocenters. The summed E-state index contributed by atoms with van der Waals surface area (Å²) in [5.41, 5.74) is 0. The summed E-state index contributed by atoms with van der Waals surface area (Å²) in [6.07, 6.45) is 0. The van der Waals surface area contributed by atoms with Crippen LogP contribution in [-0.2, 0) is 0 Å². The van der Waals surface area contributed by atoms with Crippen molar-refractivity contribution < 1.29 is 10.2 Å². The Morgan fingerprint density at radius 3 is 0.833 bits per heavy atom. The van der Waals surface area contributed by atoms with Gasteiger partial charge in [0.1, 0.15) is 0 Å². The van der Waals surface area contributed by atoms with Crippen LogP contribution in [-0.4, -0.2) is 148 Å². The quantitative estimate of drug-likeness (QED) is 0.253. The van der Waals surface area contributed by atoms with E-state index in [1.54, 1.807) is 0 Å². The van der Waals surface area contributed by atoms with Gasteiger partial charge in [0.05, 0.1) is 10.2 Å². The molecule has 8 nitrogen and oxygen atoms in total.